The molecule has 0 aliphatic heterocycles. The summed E-state index contributed by atoms with van der Waals surface area (Å²) >= 11 is 3.77. The van der Waals surface area contributed by atoms with Gasteiger partial charge in [-0.15, -0.1) is 23.7 Å². The van der Waals surface area contributed by atoms with E-state index in [1.54, 1.807) is 0 Å². The van der Waals surface area contributed by atoms with Crippen molar-refractivity contribution in [2.75, 3.05) is 32.9 Å². The molecule has 1 aromatic heterocycles. The predicted molar refractivity (Wildman–Crippen MR) is 84.4 cm³/mol. The monoisotopic (exact) mass is 292 g/mol. The number of nitrogens with two attached hydrogens (primary N) is 1. The molecule has 2 nitrogen and oxygen atoms in total. The normalized spacial score (nSPS) is 11.1. The Morgan fingerprint density at radius 2 is 2.18 bits per heavy atom. The van der Waals surface area contributed by atoms with Crippen LogP contribution in [0.3, 0.4) is 0 Å². The van der Waals surface area contributed by atoms with Crippen LogP contribution in [-0.2, 0) is 5.75 Å². The van der Waals surface area contributed by atoms with Crippen LogP contribution in [0.15, 0.2) is 18.2 Å². The van der Waals surface area contributed by atoms with E-state index in [-0.39, 0.29) is 12.4 Å². The second-order valence-corrected chi connectivity index (χ2v) is 6.12. The van der Waals surface area contributed by atoms with Crippen molar-refractivity contribution in [3.05, 3.63) is 28.0 Å². The van der Waals surface area contributed by atoms with Gasteiger partial charge in [0.25, 0.3) is 0 Å². The van der Waals surface area contributed by atoms with E-state index < -0.39 is 0 Å². The zero-order valence-corrected chi connectivity index (χ0v) is 12.8. The number of likely N-dealkylation sites (N-methyl/N-ethyl adjacent to an activating group) is 1. The van der Waals surface area contributed by atoms with Crippen molar-refractivity contribution < 1.29 is 0 Å². The van der Waals surface area contributed by atoms with Gasteiger partial charge in [-0.25, -0.2) is 0 Å². The molecule has 0 saturated carbocycles. The summed E-state index contributed by atoms with van der Waals surface area (Å²) in [4.78, 5) is 4.93. The van der Waals surface area contributed by atoms with Gasteiger partial charge in [-0.2, -0.15) is 11.8 Å². The first-order chi connectivity index (χ1) is 7.72. The number of hydrogen-bond acceptors (Lipinski definition) is 4. The predicted octanol–water partition coefficient (Wildman–Crippen LogP) is 2.94. The van der Waals surface area contributed by atoms with Gasteiger partial charge in [-0.3, -0.25) is 0 Å². The molecule has 0 spiro atoms. The van der Waals surface area contributed by atoms with Crippen molar-refractivity contribution in [1.29, 1.82) is 0 Å². The van der Waals surface area contributed by atoms with Crippen LogP contribution in [-0.4, -0.2) is 37.8 Å². The molecule has 17 heavy (non-hydrogen) atoms. The van der Waals surface area contributed by atoms with Crippen LogP contribution in [0.4, 0.5) is 0 Å². The Kier molecular flexibility index (Phi) is 9.97. The Morgan fingerprint density at radius 1 is 1.41 bits per heavy atom. The first-order valence-corrected chi connectivity index (χ1v) is 7.37. The fourth-order valence-corrected chi connectivity index (χ4v) is 3.03. The van der Waals surface area contributed by atoms with Crippen molar-refractivity contribution >= 4 is 41.6 Å². The number of halogens is 1. The minimum absolute atomic E-state index is 0. The van der Waals surface area contributed by atoms with E-state index in [9.17, 15) is 0 Å². The fraction of sp³-hybridized carbons (Fsp3) is 0.500. The molecule has 5 heteroatoms. The standard InChI is InChI=1S/C12H20N2S2.ClH/c1-14(2)8-3-4-11-5-6-12(16-11)10-15-9-7-13;/h3-6H,7-10,13H2,1-2H3;1H. The maximum atomic E-state index is 5.46. The van der Waals surface area contributed by atoms with Gasteiger partial charge in [0.1, 0.15) is 0 Å². The molecule has 0 bridgehead atoms. The largest absolute Gasteiger partial charge is 0.330 e. The minimum Gasteiger partial charge on any atom is -0.330 e. The first-order valence-electron chi connectivity index (χ1n) is 5.40. The fourth-order valence-electron chi connectivity index (χ4n) is 1.20. The molecule has 0 atom stereocenters. The molecule has 1 heterocycles. The topological polar surface area (TPSA) is 29.3 Å². The highest BCUT2D eigenvalue weighted by molar-refractivity contribution is 7.98. The summed E-state index contributed by atoms with van der Waals surface area (Å²) in [5, 5.41) is 0. The van der Waals surface area contributed by atoms with E-state index >= 15 is 0 Å². The maximum Gasteiger partial charge on any atom is 0.0279 e. The van der Waals surface area contributed by atoms with Crippen LogP contribution >= 0.6 is 35.5 Å². The van der Waals surface area contributed by atoms with Crippen LogP contribution in [0.1, 0.15) is 9.75 Å². The van der Waals surface area contributed by atoms with E-state index in [0.29, 0.717) is 0 Å². The quantitative estimate of drug-likeness (QED) is 0.784. The summed E-state index contributed by atoms with van der Waals surface area (Å²) in [6.45, 7) is 1.76. The van der Waals surface area contributed by atoms with E-state index in [1.807, 2.05) is 23.1 Å². The first kappa shape index (κ1) is 17.0. The van der Waals surface area contributed by atoms with Crippen LogP contribution in [0.5, 0.6) is 0 Å². The van der Waals surface area contributed by atoms with Crippen molar-refractivity contribution in [3.8, 4) is 0 Å². The highest BCUT2D eigenvalue weighted by Crippen LogP contribution is 2.22. The maximum absolute atomic E-state index is 5.46. The molecule has 0 aliphatic rings. The number of hydrogen-bond donors (Lipinski definition) is 1. The van der Waals surface area contributed by atoms with Gasteiger partial charge >= 0.3 is 0 Å². The molecule has 0 unspecified atom stereocenters. The molecule has 98 valence electrons. The Balaban J connectivity index is 0.00000256. The van der Waals surface area contributed by atoms with Crippen LogP contribution in [0.25, 0.3) is 6.08 Å². The van der Waals surface area contributed by atoms with Gasteiger partial charge in [0, 0.05) is 34.3 Å². The van der Waals surface area contributed by atoms with Crippen molar-refractivity contribution in [2.24, 2.45) is 5.73 Å². The van der Waals surface area contributed by atoms with E-state index in [2.05, 4.69) is 43.3 Å². The van der Waals surface area contributed by atoms with Crippen LogP contribution < -0.4 is 5.73 Å². The molecule has 0 amide bonds. The molecule has 0 aromatic carbocycles. The molecule has 2 N–H and O–H groups in total. The summed E-state index contributed by atoms with van der Waals surface area (Å²) in [6, 6.07) is 4.40. The number of thiophene rings is 1. The summed E-state index contributed by atoms with van der Waals surface area (Å²) in [5.74, 6) is 2.13. The molecule has 0 saturated heterocycles. The van der Waals surface area contributed by atoms with Gasteiger partial charge in [0.2, 0.25) is 0 Å². The molecule has 0 radical (unpaired) electrons. The Bertz CT molecular complexity index is 324. The van der Waals surface area contributed by atoms with Gasteiger partial charge < -0.3 is 10.6 Å². The Hall–Kier alpha value is -0.000000000000000167. The third-order valence-electron chi connectivity index (χ3n) is 1.94. The van der Waals surface area contributed by atoms with Crippen LogP contribution in [0, 0.1) is 0 Å². The average molecular weight is 293 g/mol. The summed E-state index contributed by atoms with van der Waals surface area (Å²) < 4.78 is 0. The van der Waals surface area contributed by atoms with Crippen molar-refractivity contribution in [1.82, 2.24) is 4.90 Å². The number of nitrogens with zero attached hydrogens (tertiary/aromatic N) is 1. The van der Waals surface area contributed by atoms with Gasteiger partial charge in [0.15, 0.2) is 0 Å². The SMILES string of the molecule is CN(C)CC=Cc1ccc(CSCCN)s1.Cl. The second kappa shape index (κ2) is 9.97. The third-order valence-corrected chi connectivity index (χ3v) is 4.21. The lowest BCUT2D eigenvalue weighted by atomic mass is 10.4. The Morgan fingerprint density at radius 3 is 2.82 bits per heavy atom. The lowest BCUT2D eigenvalue weighted by Gasteiger charge is -2.02. The van der Waals surface area contributed by atoms with Crippen molar-refractivity contribution in [2.45, 2.75) is 5.75 Å². The highest BCUT2D eigenvalue weighted by Gasteiger charge is 1.97. The van der Waals surface area contributed by atoms with Crippen LogP contribution in [0.2, 0.25) is 0 Å². The molecular weight excluding hydrogens is 272 g/mol. The van der Waals surface area contributed by atoms with Crippen molar-refractivity contribution in [3.63, 3.8) is 0 Å². The van der Waals surface area contributed by atoms with Gasteiger partial charge in [-0.1, -0.05) is 6.08 Å². The number of rotatable bonds is 7. The average Bonchev–Trinajstić information content (AvgIpc) is 2.66. The minimum atomic E-state index is 0. The summed E-state index contributed by atoms with van der Waals surface area (Å²) in [5.41, 5.74) is 5.46. The zero-order valence-electron chi connectivity index (χ0n) is 10.4. The number of thioether (sulfide) groups is 1. The van der Waals surface area contributed by atoms with Gasteiger partial charge in [0.05, 0.1) is 0 Å². The molecule has 1 aromatic rings. The zero-order chi connectivity index (χ0) is 11.8. The van der Waals surface area contributed by atoms with Gasteiger partial charge in [-0.05, 0) is 32.3 Å². The van der Waals surface area contributed by atoms with E-state index in [1.165, 1.54) is 9.75 Å². The lowest BCUT2D eigenvalue weighted by Crippen LogP contribution is -2.10. The van der Waals surface area contributed by atoms with E-state index in [4.69, 9.17) is 5.73 Å². The molecular formula is C12H21ClN2S2. The summed E-state index contributed by atoms with van der Waals surface area (Å²) in [6.07, 6.45) is 4.39. The third kappa shape index (κ3) is 7.84. The molecule has 0 fully saturated rings. The Labute approximate surface area is 119 Å². The summed E-state index contributed by atoms with van der Waals surface area (Å²) in [7, 11) is 4.15. The second-order valence-electron chi connectivity index (χ2n) is 3.81. The highest BCUT2D eigenvalue weighted by atomic mass is 35.5. The van der Waals surface area contributed by atoms with E-state index in [0.717, 1.165) is 24.6 Å². The molecule has 0 aliphatic carbocycles. The molecule has 1 rings (SSSR count). The lowest BCUT2D eigenvalue weighted by molar-refractivity contribution is 0.457. The smallest absolute Gasteiger partial charge is 0.0279 e.